The smallest absolute Gasteiger partial charge is 0.358 e. The number of aromatic nitrogens is 1. The molecular formula is C10H9NO3S. The van der Waals surface area contributed by atoms with Crippen LogP contribution < -0.4 is 0 Å². The molecule has 0 fully saturated rings. The van der Waals surface area contributed by atoms with Gasteiger partial charge >= 0.3 is 5.97 Å². The molecule has 0 aromatic carbocycles. The predicted molar refractivity (Wildman–Crippen MR) is 56.2 cm³/mol. The van der Waals surface area contributed by atoms with Gasteiger partial charge in [0.05, 0.1) is 4.88 Å². The van der Waals surface area contributed by atoms with Crippen molar-refractivity contribution in [3.8, 4) is 10.6 Å². The number of nitrogens with zero attached hydrogens (tertiary/aromatic N) is 1. The molecule has 0 spiro atoms. The third-order valence-electron chi connectivity index (χ3n) is 2.16. The monoisotopic (exact) mass is 223 g/mol. The lowest BCUT2D eigenvalue weighted by molar-refractivity contribution is 0.0691. The number of aryl methyl sites for hydroxylation is 2. The van der Waals surface area contributed by atoms with E-state index in [9.17, 15) is 4.79 Å². The van der Waals surface area contributed by atoms with Gasteiger partial charge in [0.1, 0.15) is 0 Å². The van der Waals surface area contributed by atoms with Gasteiger partial charge in [-0.05, 0) is 25.5 Å². The summed E-state index contributed by atoms with van der Waals surface area (Å²) in [4.78, 5) is 16.5. The van der Waals surface area contributed by atoms with E-state index in [0.29, 0.717) is 5.76 Å². The third kappa shape index (κ3) is 1.66. The zero-order valence-electron chi connectivity index (χ0n) is 8.27. The van der Waals surface area contributed by atoms with Crippen LogP contribution in [0.15, 0.2) is 16.9 Å². The SMILES string of the molecule is Cc1cc(-c2ocnc2C(=O)O)sc1C. The van der Waals surface area contributed by atoms with Crippen LogP contribution in [0.2, 0.25) is 0 Å². The normalized spacial score (nSPS) is 10.5. The standard InChI is InChI=1S/C10H9NO3S/c1-5-3-7(15-6(5)2)9-8(10(12)13)11-4-14-9/h3-4H,1-2H3,(H,12,13). The molecule has 0 atom stereocenters. The highest BCUT2D eigenvalue weighted by Crippen LogP contribution is 2.32. The van der Waals surface area contributed by atoms with Gasteiger partial charge in [0.15, 0.2) is 17.8 Å². The van der Waals surface area contributed by atoms with E-state index in [1.807, 2.05) is 19.9 Å². The van der Waals surface area contributed by atoms with E-state index in [2.05, 4.69) is 4.98 Å². The van der Waals surface area contributed by atoms with Gasteiger partial charge in [-0.2, -0.15) is 0 Å². The molecule has 78 valence electrons. The molecule has 5 heteroatoms. The summed E-state index contributed by atoms with van der Waals surface area (Å²) in [5.74, 6) is -0.730. The van der Waals surface area contributed by atoms with Gasteiger partial charge in [-0.1, -0.05) is 0 Å². The summed E-state index contributed by atoms with van der Waals surface area (Å²) in [7, 11) is 0. The van der Waals surface area contributed by atoms with E-state index >= 15 is 0 Å². The van der Waals surface area contributed by atoms with E-state index in [1.165, 1.54) is 11.3 Å². The van der Waals surface area contributed by atoms with Gasteiger partial charge in [0, 0.05) is 4.88 Å². The van der Waals surface area contributed by atoms with E-state index in [-0.39, 0.29) is 5.69 Å². The number of rotatable bonds is 2. The minimum Gasteiger partial charge on any atom is -0.476 e. The van der Waals surface area contributed by atoms with E-state index in [1.54, 1.807) is 0 Å². The lowest BCUT2D eigenvalue weighted by Crippen LogP contribution is -1.97. The van der Waals surface area contributed by atoms with Gasteiger partial charge < -0.3 is 9.52 Å². The predicted octanol–water partition coefficient (Wildman–Crippen LogP) is 2.72. The Kier molecular flexibility index (Phi) is 2.32. The highest BCUT2D eigenvalue weighted by atomic mass is 32.1. The molecule has 0 unspecified atom stereocenters. The summed E-state index contributed by atoms with van der Waals surface area (Å²) in [5, 5.41) is 8.87. The largest absolute Gasteiger partial charge is 0.476 e. The Balaban J connectivity index is 2.54. The number of oxazole rings is 1. The van der Waals surface area contributed by atoms with Gasteiger partial charge in [-0.25, -0.2) is 9.78 Å². The fourth-order valence-electron chi connectivity index (χ4n) is 1.26. The molecule has 0 bridgehead atoms. The number of hydrogen-bond donors (Lipinski definition) is 1. The van der Waals surface area contributed by atoms with Crippen molar-refractivity contribution in [2.75, 3.05) is 0 Å². The van der Waals surface area contributed by atoms with Crippen molar-refractivity contribution in [2.24, 2.45) is 0 Å². The van der Waals surface area contributed by atoms with Crippen LogP contribution in [-0.2, 0) is 0 Å². The lowest BCUT2D eigenvalue weighted by Gasteiger charge is -1.91. The molecule has 0 aliphatic carbocycles. The first kappa shape index (κ1) is 9.92. The van der Waals surface area contributed by atoms with Crippen molar-refractivity contribution in [1.29, 1.82) is 0 Å². The Bertz CT molecular complexity index is 493. The molecule has 2 rings (SSSR count). The second-order valence-corrected chi connectivity index (χ2v) is 4.44. The van der Waals surface area contributed by atoms with Crippen molar-refractivity contribution < 1.29 is 14.3 Å². The third-order valence-corrected chi connectivity index (χ3v) is 3.31. The van der Waals surface area contributed by atoms with Gasteiger partial charge in [-0.3, -0.25) is 0 Å². The van der Waals surface area contributed by atoms with Crippen molar-refractivity contribution in [2.45, 2.75) is 13.8 Å². The first-order valence-corrected chi connectivity index (χ1v) is 5.15. The topological polar surface area (TPSA) is 63.3 Å². The highest BCUT2D eigenvalue weighted by molar-refractivity contribution is 7.15. The quantitative estimate of drug-likeness (QED) is 0.850. The maximum Gasteiger partial charge on any atom is 0.358 e. The fraction of sp³-hybridized carbons (Fsp3) is 0.200. The van der Waals surface area contributed by atoms with Gasteiger partial charge in [-0.15, -0.1) is 11.3 Å². The number of aromatic carboxylic acids is 1. The minimum absolute atomic E-state index is 0.0312. The number of carboxylic acid groups (broad SMARTS) is 1. The molecular weight excluding hydrogens is 214 g/mol. The molecule has 4 nitrogen and oxygen atoms in total. The Morgan fingerprint density at radius 2 is 2.27 bits per heavy atom. The first-order chi connectivity index (χ1) is 7.09. The molecule has 15 heavy (non-hydrogen) atoms. The number of carboxylic acids is 1. The van der Waals surface area contributed by atoms with Crippen molar-refractivity contribution in [1.82, 2.24) is 4.98 Å². The van der Waals surface area contributed by atoms with Crippen LogP contribution >= 0.6 is 11.3 Å². The molecule has 0 saturated carbocycles. The van der Waals surface area contributed by atoms with Crippen LogP contribution in [0, 0.1) is 13.8 Å². The van der Waals surface area contributed by atoms with Crippen molar-refractivity contribution in [3.63, 3.8) is 0 Å². The second kappa shape index (κ2) is 3.51. The zero-order chi connectivity index (χ0) is 11.0. The Labute approximate surface area is 90.2 Å². The van der Waals surface area contributed by atoms with Crippen LogP contribution in [0.1, 0.15) is 20.9 Å². The van der Waals surface area contributed by atoms with Crippen molar-refractivity contribution >= 4 is 17.3 Å². The van der Waals surface area contributed by atoms with Gasteiger partial charge in [0.2, 0.25) is 0 Å². The second-order valence-electron chi connectivity index (χ2n) is 3.19. The summed E-state index contributed by atoms with van der Waals surface area (Å²) in [6, 6.07) is 1.91. The summed E-state index contributed by atoms with van der Waals surface area (Å²) in [6.45, 7) is 3.96. The van der Waals surface area contributed by atoms with Crippen molar-refractivity contribution in [3.05, 3.63) is 28.6 Å². The molecule has 0 amide bonds. The Morgan fingerprint density at radius 3 is 2.80 bits per heavy atom. The highest BCUT2D eigenvalue weighted by Gasteiger charge is 2.19. The van der Waals surface area contributed by atoms with E-state index in [0.717, 1.165) is 21.7 Å². The molecule has 0 aliphatic heterocycles. The van der Waals surface area contributed by atoms with Crippen LogP contribution in [0.4, 0.5) is 0 Å². The maximum absolute atomic E-state index is 10.8. The number of hydrogen-bond acceptors (Lipinski definition) is 4. The summed E-state index contributed by atoms with van der Waals surface area (Å²) >= 11 is 1.51. The maximum atomic E-state index is 10.8. The average molecular weight is 223 g/mol. The molecule has 2 heterocycles. The summed E-state index contributed by atoms with van der Waals surface area (Å²) < 4.78 is 5.10. The van der Waals surface area contributed by atoms with Crippen LogP contribution in [0.5, 0.6) is 0 Å². The van der Waals surface area contributed by atoms with Crippen LogP contribution in [0.25, 0.3) is 10.6 Å². The number of thiophene rings is 1. The van der Waals surface area contributed by atoms with Gasteiger partial charge in [0.25, 0.3) is 0 Å². The Morgan fingerprint density at radius 1 is 1.53 bits per heavy atom. The van der Waals surface area contributed by atoms with Crippen LogP contribution in [-0.4, -0.2) is 16.1 Å². The average Bonchev–Trinajstić information content (AvgIpc) is 2.73. The minimum atomic E-state index is -1.07. The zero-order valence-corrected chi connectivity index (χ0v) is 9.09. The number of carbonyl (C=O) groups is 1. The molecule has 0 aliphatic rings. The van der Waals surface area contributed by atoms with E-state index < -0.39 is 5.97 Å². The van der Waals surface area contributed by atoms with E-state index in [4.69, 9.17) is 9.52 Å². The lowest BCUT2D eigenvalue weighted by atomic mass is 10.2. The first-order valence-electron chi connectivity index (χ1n) is 4.33. The molecule has 0 saturated heterocycles. The Hall–Kier alpha value is -1.62. The summed E-state index contributed by atoms with van der Waals surface area (Å²) in [5.41, 5.74) is 1.10. The van der Waals surface area contributed by atoms with Crippen LogP contribution in [0.3, 0.4) is 0 Å². The summed E-state index contributed by atoms with van der Waals surface area (Å²) in [6.07, 6.45) is 1.16. The fourth-order valence-corrected chi connectivity index (χ4v) is 2.28. The molecule has 0 radical (unpaired) electrons. The molecule has 2 aromatic heterocycles. The molecule has 1 N–H and O–H groups in total. The molecule has 2 aromatic rings.